The van der Waals surface area contributed by atoms with Gasteiger partial charge in [-0.15, -0.1) is 0 Å². The van der Waals surface area contributed by atoms with Gasteiger partial charge < -0.3 is 19.3 Å². The van der Waals surface area contributed by atoms with Crippen LogP contribution >= 0.6 is 0 Å². The summed E-state index contributed by atoms with van der Waals surface area (Å²) in [6, 6.07) is 124. The molecule has 0 atom stereocenters. The maximum absolute atomic E-state index is 2.92. The third kappa shape index (κ3) is 10.7. The van der Waals surface area contributed by atoms with Gasteiger partial charge >= 0.3 is 0 Å². The highest BCUT2D eigenvalue weighted by atomic mass is 15.2. The molecule has 21 rings (SSSR count). The zero-order chi connectivity index (χ0) is 71.1. The molecular weight excluding hydrogens is 1280 g/mol. The molecule has 106 heavy (non-hydrogen) atoms. The Bertz CT molecular complexity index is 5690. The summed E-state index contributed by atoms with van der Waals surface area (Å²) >= 11 is 0. The number of nitrogens with zero attached hydrogens (tertiary/aromatic N) is 4. The maximum atomic E-state index is 2.92. The van der Waals surface area contributed by atoms with Gasteiger partial charge in [-0.1, -0.05) is 284 Å². The first-order valence-electron chi connectivity index (χ1n) is 38.5. The lowest BCUT2D eigenvalue weighted by atomic mass is 9.33. The number of hydrogen-bond donors (Lipinski definition) is 0. The molecule has 0 N–H and O–H groups in total. The van der Waals surface area contributed by atoms with Crippen molar-refractivity contribution in [3.63, 3.8) is 0 Å². The van der Waals surface area contributed by atoms with Crippen LogP contribution in [0.2, 0.25) is 0 Å². The zero-order valence-electron chi connectivity index (χ0n) is 61.3. The fraction of sp³-hybridized carbons (Fsp3) is 0.168. The monoisotopic (exact) mass is 1360 g/mol. The van der Waals surface area contributed by atoms with Gasteiger partial charge in [0.15, 0.2) is 0 Å². The topological polar surface area (TPSA) is 14.7 Å². The first kappa shape index (κ1) is 64.0. The minimum Gasteiger partial charge on any atom is -0.365 e. The van der Waals surface area contributed by atoms with Crippen LogP contribution in [0.15, 0.2) is 322 Å². The number of aromatic nitrogens is 1. The van der Waals surface area contributed by atoms with Crippen molar-refractivity contribution in [1.29, 1.82) is 0 Å². The minimum absolute atomic E-state index is 0.0878. The Morgan fingerprint density at radius 3 is 1.05 bits per heavy atom. The third-order valence-electron chi connectivity index (χ3n) is 24.3. The van der Waals surface area contributed by atoms with E-state index >= 15 is 0 Å². The summed E-state index contributed by atoms with van der Waals surface area (Å²) in [5, 5.41) is 2.52. The standard InChI is InChI=1S/C101H85BN4/c1-100(2,3)77-43-48-91-87(60-77)88-61-78(101(4,5)6)44-49-92(88)104(91)82-63-95-97-96(64-82)106(99-85(72-38-24-12-25-39-72)57-76(69-32-18-9-19-33-69)58-86(99)73-40-26-13-27-41-73)94-62-79(103-80-51-65-50-66(53-80)54-81(103)52-65)45-46-89(94)102(97)90-59-74(67-28-14-7-15-29-67)42-47-93(90)105(95)98-83(70-34-20-10-21-35-70)55-75(68-30-16-8-17-31-68)56-84(98)71-36-22-11-23-37-71/h7-49,55-66,80-81H,50-54H2,1-6H3. The average molecular weight is 1370 g/mol. The fourth-order valence-corrected chi connectivity index (χ4v) is 19.4. The smallest absolute Gasteiger partial charge is 0.252 e. The number of piperidine rings is 2. The molecule has 2 aliphatic carbocycles. The molecule has 5 heteroatoms. The normalized spacial score (nSPS) is 17.1. The second-order valence-corrected chi connectivity index (χ2v) is 32.8. The van der Waals surface area contributed by atoms with Gasteiger partial charge in [0.25, 0.3) is 6.71 Å². The quantitative estimate of drug-likeness (QED) is 0.120. The van der Waals surface area contributed by atoms with Gasteiger partial charge in [-0.3, -0.25) is 0 Å². The lowest BCUT2D eigenvalue weighted by molar-refractivity contribution is 0.0900. The Morgan fingerprint density at radius 2 is 0.651 bits per heavy atom. The van der Waals surface area contributed by atoms with Crippen LogP contribution in [-0.4, -0.2) is 23.4 Å². The molecule has 4 aliphatic heterocycles. The van der Waals surface area contributed by atoms with Crippen molar-refractivity contribution in [2.24, 2.45) is 11.8 Å². The molecule has 1 aromatic heterocycles. The van der Waals surface area contributed by atoms with Crippen molar-refractivity contribution >= 4 is 84.7 Å². The predicted molar refractivity (Wildman–Crippen MR) is 450 cm³/mol. The number of hydrogen-bond acceptors (Lipinski definition) is 3. The van der Waals surface area contributed by atoms with E-state index in [2.05, 4.69) is 382 Å². The second kappa shape index (κ2) is 25.0. The molecule has 15 aromatic rings. The molecule has 4 fully saturated rings. The molecule has 0 amide bonds. The van der Waals surface area contributed by atoms with Crippen molar-refractivity contribution in [1.82, 2.24) is 4.57 Å². The highest BCUT2D eigenvalue weighted by molar-refractivity contribution is 7.00. The van der Waals surface area contributed by atoms with E-state index in [0.717, 1.165) is 84.9 Å². The summed E-state index contributed by atoms with van der Waals surface area (Å²) < 4.78 is 2.63. The van der Waals surface area contributed by atoms with Crippen LogP contribution in [0.3, 0.4) is 0 Å². The fourth-order valence-electron chi connectivity index (χ4n) is 19.4. The number of benzene rings is 14. The molecule has 0 unspecified atom stereocenters. The van der Waals surface area contributed by atoms with Crippen molar-refractivity contribution < 1.29 is 0 Å². The minimum atomic E-state index is -0.225. The van der Waals surface area contributed by atoms with Crippen molar-refractivity contribution in [2.45, 2.75) is 96.6 Å². The van der Waals surface area contributed by atoms with Gasteiger partial charge in [0, 0.05) is 73.5 Å². The zero-order valence-corrected chi connectivity index (χ0v) is 61.3. The van der Waals surface area contributed by atoms with E-state index in [4.69, 9.17) is 0 Å². The molecule has 4 nitrogen and oxygen atoms in total. The van der Waals surface area contributed by atoms with Gasteiger partial charge in [-0.25, -0.2) is 0 Å². The molecule has 0 radical (unpaired) electrons. The van der Waals surface area contributed by atoms with Crippen LogP contribution in [0, 0.1) is 11.8 Å². The van der Waals surface area contributed by atoms with Crippen LogP contribution in [0.25, 0.3) is 105 Å². The van der Waals surface area contributed by atoms with Gasteiger partial charge in [-0.2, -0.15) is 0 Å². The van der Waals surface area contributed by atoms with Gasteiger partial charge in [-0.05, 0) is 217 Å². The molecule has 6 aliphatic rings. The SMILES string of the molecule is CC(C)(C)c1ccc2c(c1)c1cc(C(C)(C)C)ccc1n2-c1cc2c3c(c1)N(c1c(-c4ccccc4)cc(-c4ccccc4)cc1-c1ccccc1)c1cc(N4C5CC6CC(C5)CC4C6)ccc1B3c1cc(-c3ccccc3)ccc1N2c1c(-c2ccccc2)cc(-c2ccccc2)cc1-c1ccccc1. The van der Waals surface area contributed by atoms with E-state index in [0.29, 0.717) is 12.1 Å². The Balaban J connectivity index is 0.987. The van der Waals surface area contributed by atoms with E-state index in [1.165, 1.54) is 132 Å². The number of fused-ring (bicyclic) bond motifs is 7. The Morgan fingerprint density at radius 1 is 0.283 bits per heavy atom. The van der Waals surface area contributed by atoms with Crippen LogP contribution in [0.5, 0.6) is 0 Å². The summed E-state index contributed by atoms with van der Waals surface area (Å²) in [5.74, 6) is 1.62. The molecule has 2 saturated heterocycles. The number of rotatable bonds is 11. The lowest BCUT2D eigenvalue weighted by Gasteiger charge is -2.57. The van der Waals surface area contributed by atoms with Gasteiger partial charge in [0.1, 0.15) is 0 Å². The Labute approximate surface area is 624 Å². The van der Waals surface area contributed by atoms with Gasteiger partial charge in [0.2, 0.25) is 0 Å². The van der Waals surface area contributed by atoms with Crippen molar-refractivity contribution in [3.8, 4) is 83.6 Å². The van der Waals surface area contributed by atoms with Crippen LogP contribution in [-0.2, 0) is 10.8 Å². The first-order chi connectivity index (χ1) is 51.8. The third-order valence-corrected chi connectivity index (χ3v) is 24.3. The van der Waals surface area contributed by atoms with Crippen LogP contribution < -0.4 is 31.1 Å². The van der Waals surface area contributed by atoms with E-state index in [1.807, 2.05) is 0 Å². The molecular formula is C101H85BN4. The maximum Gasteiger partial charge on any atom is 0.252 e. The number of anilines is 7. The highest BCUT2D eigenvalue weighted by Crippen LogP contribution is 2.57. The molecule has 0 spiro atoms. The first-order valence-corrected chi connectivity index (χ1v) is 38.5. The summed E-state index contributed by atoms with van der Waals surface area (Å²) in [6.45, 7) is 13.9. The Kier molecular flexibility index (Phi) is 15.1. The van der Waals surface area contributed by atoms with E-state index < -0.39 is 0 Å². The van der Waals surface area contributed by atoms with Gasteiger partial charge in [0.05, 0.1) is 28.1 Å². The lowest BCUT2D eigenvalue weighted by Crippen LogP contribution is -2.62. The highest BCUT2D eigenvalue weighted by Gasteiger charge is 2.50. The molecule has 2 saturated carbocycles. The second-order valence-electron chi connectivity index (χ2n) is 32.8. The van der Waals surface area contributed by atoms with Crippen LogP contribution in [0.4, 0.5) is 39.8 Å². The van der Waals surface area contributed by atoms with E-state index in [9.17, 15) is 0 Å². The summed E-state index contributed by atoms with van der Waals surface area (Å²) in [7, 11) is 0. The molecule has 512 valence electrons. The van der Waals surface area contributed by atoms with E-state index in [-0.39, 0.29) is 17.5 Å². The summed E-state index contributed by atoms with van der Waals surface area (Å²) in [6.07, 6.45) is 6.47. The summed E-state index contributed by atoms with van der Waals surface area (Å²) in [4.78, 5) is 8.46. The van der Waals surface area contributed by atoms with E-state index in [1.54, 1.807) is 0 Å². The molecule has 5 heterocycles. The molecule has 4 bridgehead atoms. The van der Waals surface area contributed by atoms with Crippen LogP contribution in [0.1, 0.15) is 84.8 Å². The Hall–Kier alpha value is -11.7. The summed E-state index contributed by atoms with van der Waals surface area (Å²) in [5.41, 5.74) is 34.3. The molecule has 14 aromatic carbocycles. The predicted octanol–water partition coefficient (Wildman–Crippen LogP) is 24.9. The van der Waals surface area contributed by atoms with Crippen molar-refractivity contribution in [3.05, 3.63) is 333 Å². The largest absolute Gasteiger partial charge is 0.365 e. The average Bonchev–Trinajstić information content (AvgIpc) is 0.803. The van der Waals surface area contributed by atoms with Crippen molar-refractivity contribution in [2.75, 3.05) is 14.7 Å².